The summed E-state index contributed by atoms with van der Waals surface area (Å²) in [6, 6.07) is 6.77. The minimum Gasteiger partial charge on any atom is -0.465 e. The van der Waals surface area contributed by atoms with Crippen molar-refractivity contribution in [3.05, 3.63) is 35.4 Å². The van der Waals surface area contributed by atoms with Crippen molar-refractivity contribution in [1.82, 2.24) is 0 Å². The molecule has 0 aliphatic rings. The van der Waals surface area contributed by atoms with Crippen LogP contribution in [-0.4, -0.2) is 19.2 Å². The molecule has 1 aromatic carbocycles. The first-order valence-electron chi connectivity index (χ1n) is 4.79. The number of esters is 1. The number of hydrogen-bond donors (Lipinski definition) is 0. The van der Waals surface area contributed by atoms with E-state index in [2.05, 4.69) is 9.73 Å². The predicted molar refractivity (Wildman–Crippen MR) is 58.9 cm³/mol. The van der Waals surface area contributed by atoms with Gasteiger partial charge >= 0.3 is 5.97 Å². The van der Waals surface area contributed by atoms with Crippen LogP contribution in [0.25, 0.3) is 0 Å². The number of isocyanates is 1. The van der Waals surface area contributed by atoms with Gasteiger partial charge in [0, 0.05) is 0 Å². The van der Waals surface area contributed by atoms with E-state index in [0.717, 1.165) is 5.56 Å². The maximum atomic E-state index is 11.2. The summed E-state index contributed by atoms with van der Waals surface area (Å²) in [5, 5.41) is 0. The van der Waals surface area contributed by atoms with Gasteiger partial charge in [-0.15, -0.1) is 0 Å². The van der Waals surface area contributed by atoms with Crippen molar-refractivity contribution >= 4 is 12.0 Å². The zero-order chi connectivity index (χ0) is 12.2. The molecule has 84 valence electrons. The van der Waals surface area contributed by atoms with Crippen molar-refractivity contribution in [1.29, 1.82) is 0 Å². The molecule has 0 heterocycles. The minimum atomic E-state index is -0.629. The van der Waals surface area contributed by atoms with Crippen molar-refractivity contribution < 1.29 is 14.3 Å². The zero-order valence-corrected chi connectivity index (χ0v) is 9.48. The number of carbonyl (C=O) groups is 1. The van der Waals surface area contributed by atoms with Crippen LogP contribution in [0.2, 0.25) is 0 Å². The lowest BCUT2D eigenvalue weighted by Crippen LogP contribution is -2.13. The maximum Gasteiger partial charge on any atom is 0.337 e. The summed E-state index contributed by atoms with van der Waals surface area (Å²) in [5.74, 6) is -0.386. The largest absolute Gasteiger partial charge is 0.465 e. The van der Waals surface area contributed by atoms with Gasteiger partial charge in [0.2, 0.25) is 6.08 Å². The summed E-state index contributed by atoms with van der Waals surface area (Å²) in [5.41, 5.74) is 0.678. The number of hydrogen-bond acceptors (Lipinski definition) is 4. The highest BCUT2D eigenvalue weighted by molar-refractivity contribution is 5.89. The van der Waals surface area contributed by atoms with Crippen molar-refractivity contribution in [2.24, 2.45) is 4.99 Å². The second kappa shape index (κ2) is 4.73. The second-order valence-electron chi connectivity index (χ2n) is 3.83. The number of methoxy groups -OCH3 is 1. The Kier molecular flexibility index (Phi) is 3.59. The molecule has 0 bridgehead atoms. The van der Waals surface area contributed by atoms with Crippen LogP contribution in [0.15, 0.2) is 29.3 Å². The fraction of sp³-hybridized carbons (Fsp3) is 0.333. The molecule has 1 rings (SSSR count). The van der Waals surface area contributed by atoms with Crippen LogP contribution in [-0.2, 0) is 15.1 Å². The molecule has 0 saturated heterocycles. The normalized spacial score (nSPS) is 10.4. The number of benzene rings is 1. The van der Waals surface area contributed by atoms with Crippen LogP contribution in [0, 0.1) is 0 Å². The van der Waals surface area contributed by atoms with Crippen molar-refractivity contribution in [3.8, 4) is 0 Å². The minimum absolute atomic E-state index is 0.386. The molecule has 1 aromatic rings. The molecule has 0 atom stereocenters. The van der Waals surface area contributed by atoms with E-state index >= 15 is 0 Å². The molecular formula is C12H13NO3. The lowest BCUT2D eigenvalue weighted by atomic mass is 9.94. The molecular weight excluding hydrogens is 206 g/mol. The van der Waals surface area contributed by atoms with Crippen molar-refractivity contribution in [2.75, 3.05) is 7.11 Å². The van der Waals surface area contributed by atoms with Gasteiger partial charge in [0.25, 0.3) is 0 Å². The van der Waals surface area contributed by atoms with Gasteiger partial charge in [-0.2, -0.15) is 4.99 Å². The number of rotatable bonds is 3. The van der Waals surface area contributed by atoms with Crippen molar-refractivity contribution in [3.63, 3.8) is 0 Å². The maximum absolute atomic E-state index is 11.2. The molecule has 0 fully saturated rings. The highest BCUT2D eigenvalue weighted by Crippen LogP contribution is 2.24. The van der Waals surface area contributed by atoms with Gasteiger partial charge in [0.1, 0.15) is 0 Å². The second-order valence-corrected chi connectivity index (χ2v) is 3.83. The quantitative estimate of drug-likeness (QED) is 0.444. The summed E-state index contributed by atoms with van der Waals surface area (Å²) in [6.07, 6.45) is 1.54. The average molecular weight is 219 g/mol. The standard InChI is InChI=1S/C12H13NO3/c1-12(2,13-8-14)10-6-4-9(5-7-10)11(15)16-3/h4-7H,1-3H3. The summed E-state index contributed by atoms with van der Waals surface area (Å²) in [4.78, 5) is 25.1. The summed E-state index contributed by atoms with van der Waals surface area (Å²) >= 11 is 0. The Hall–Kier alpha value is -1.93. The first-order chi connectivity index (χ1) is 7.51. The first kappa shape index (κ1) is 12.1. The summed E-state index contributed by atoms with van der Waals surface area (Å²) < 4.78 is 4.58. The Labute approximate surface area is 94.0 Å². The van der Waals surface area contributed by atoms with E-state index in [1.54, 1.807) is 38.1 Å². The molecule has 0 radical (unpaired) electrons. The number of aliphatic imine (C=N–C) groups is 1. The Morgan fingerprint density at radius 2 is 1.88 bits per heavy atom. The number of nitrogens with zero attached hydrogens (tertiary/aromatic N) is 1. The predicted octanol–water partition coefficient (Wildman–Crippen LogP) is 2.04. The van der Waals surface area contributed by atoms with Gasteiger partial charge in [-0.05, 0) is 31.5 Å². The van der Waals surface area contributed by atoms with E-state index in [-0.39, 0.29) is 5.97 Å². The fourth-order valence-electron chi connectivity index (χ4n) is 1.31. The molecule has 0 aliphatic carbocycles. The Balaban J connectivity index is 3.03. The van der Waals surface area contributed by atoms with Crippen LogP contribution in [0.1, 0.15) is 29.8 Å². The van der Waals surface area contributed by atoms with E-state index in [0.29, 0.717) is 5.56 Å². The van der Waals surface area contributed by atoms with Crippen LogP contribution >= 0.6 is 0 Å². The van der Waals surface area contributed by atoms with Crippen LogP contribution in [0.5, 0.6) is 0 Å². The van der Waals surface area contributed by atoms with Gasteiger partial charge < -0.3 is 4.74 Å². The van der Waals surface area contributed by atoms with E-state index < -0.39 is 5.54 Å². The van der Waals surface area contributed by atoms with Crippen molar-refractivity contribution in [2.45, 2.75) is 19.4 Å². The summed E-state index contributed by atoms with van der Waals surface area (Å²) in [6.45, 7) is 3.59. The number of ether oxygens (including phenoxy) is 1. The number of carbonyl (C=O) groups excluding carboxylic acids is 2. The molecule has 0 amide bonds. The third-order valence-corrected chi connectivity index (χ3v) is 2.34. The van der Waals surface area contributed by atoms with E-state index in [1.807, 2.05) is 0 Å². The molecule has 0 saturated carbocycles. The van der Waals surface area contributed by atoms with E-state index in [9.17, 15) is 9.59 Å². The Bertz CT molecular complexity index is 428. The van der Waals surface area contributed by atoms with E-state index in [4.69, 9.17) is 0 Å². The van der Waals surface area contributed by atoms with Gasteiger partial charge in [-0.3, -0.25) is 0 Å². The fourth-order valence-corrected chi connectivity index (χ4v) is 1.31. The van der Waals surface area contributed by atoms with Gasteiger partial charge in [-0.1, -0.05) is 12.1 Å². The topological polar surface area (TPSA) is 55.7 Å². The van der Waals surface area contributed by atoms with Gasteiger partial charge in [0.15, 0.2) is 0 Å². The van der Waals surface area contributed by atoms with Gasteiger partial charge in [-0.25, -0.2) is 9.59 Å². The molecule has 0 spiro atoms. The molecule has 16 heavy (non-hydrogen) atoms. The van der Waals surface area contributed by atoms with E-state index in [1.165, 1.54) is 13.2 Å². The monoisotopic (exact) mass is 219 g/mol. The van der Waals surface area contributed by atoms with Gasteiger partial charge in [0.05, 0.1) is 18.2 Å². The van der Waals surface area contributed by atoms with Crippen LogP contribution < -0.4 is 0 Å². The molecule has 4 heteroatoms. The molecule has 0 unspecified atom stereocenters. The highest BCUT2D eigenvalue weighted by atomic mass is 16.5. The highest BCUT2D eigenvalue weighted by Gasteiger charge is 2.19. The first-order valence-corrected chi connectivity index (χ1v) is 4.79. The SMILES string of the molecule is COC(=O)c1ccc(C(C)(C)N=C=O)cc1. The smallest absolute Gasteiger partial charge is 0.337 e. The lowest BCUT2D eigenvalue weighted by molar-refractivity contribution is 0.0600. The molecule has 0 aliphatic heterocycles. The molecule has 0 N–H and O–H groups in total. The average Bonchev–Trinajstić information content (AvgIpc) is 2.28. The third-order valence-electron chi connectivity index (χ3n) is 2.34. The lowest BCUT2D eigenvalue weighted by Gasteiger charge is -2.17. The van der Waals surface area contributed by atoms with Crippen LogP contribution in [0.3, 0.4) is 0 Å². The molecule has 0 aromatic heterocycles. The third kappa shape index (κ3) is 2.55. The Morgan fingerprint density at radius 3 is 2.31 bits per heavy atom. The zero-order valence-electron chi connectivity index (χ0n) is 9.48. The van der Waals surface area contributed by atoms with Crippen LogP contribution in [0.4, 0.5) is 0 Å². The Morgan fingerprint density at radius 1 is 1.31 bits per heavy atom. The molecule has 4 nitrogen and oxygen atoms in total. The summed E-state index contributed by atoms with van der Waals surface area (Å²) in [7, 11) is 1.33.